The maximum absolute atomic E-state index is 14.0. The molecule has 0 fully saturated rings. The van der Waals surface area contributed by atoms with Gasteiger partial charge in [0, 0.05) is 5.39 Å². The zero-order valence-electron chi connectivity index (χ0n) is 11.1. The van der Waals surface area contributed by atoms with Crippen LogP contribution in [0.2, 0.25) is 0 Å². The second kappa shape index (κ2) is 6.50. The molecule has 0 saturated heterocycles. The van der Waals surface area contributed by atoms with Gasteiger partial charge >= 0.3 is 0 Å². The first-order valence-corrected chi connectivity index (χ1v) is 6.66. The molecule has 0 heterocycles. The van der Waals surface area contributed by atoms with Crippen molar-refractivity contribution in [3.8, 4) is 5.75 Å². The Morgan fingerprint density at radius 1 is 1.11 bits per heavy atom. The summed E-state index contributed by atoms with van der Waals surface area (Å²) in [4.78, 5) is 0. The number of unbranched alkanes of at least 4 members (excludes halogenated alkanes) is 2. The van der Waals surface area contributed by atoms with Gasteiger partial charge in [0.1, 0.15) is 0 Å². The van der Waals surface area contributed by atoms with Crippen molar-refractivity contribution in [1.29, 1.82) is 0 Å². The second-order valence-electron chi connectivity index (χ2n) is 4.64. The third-order valence-electron chi connectivity index (χ3n) is 3.26. The average molecular weight is 264 g/mol. The fourth-order valence-corrected chi connectivity index (χ4v) is 2.23. The minimum Gasteiger partial charge on any atom is -0.460 e. The summed E-state index contributed by atoms with van der Waals surface area (Å²) in [5, 5.41) is 1.31. The van der Waals surface area contributed by atoms with E-state index in [0.29, 0.717) is 5.39 Å². The van der Waals surface area contributed by atoms with Gasteiger partial charge in [0.05, 0.1) is 0 Å². The van der Waals surface area contributed by atoms with Gasteiger partial charge in [-0.2, -0.15) is 0 Å². The van der Waals surface area contributed by atoms with Crippen molar-refractivity contribution in [2.45, 2.75) is 32.6 Å². The smallest absolute Gasteiger partial charge is 0.228 e. The van der Waals surface area contributed by atoms with E-state index in [-0.39, 0.29) is 5.75 Å². The molecule has 0 bridgehead atoms. The van der Waals surface area contributed by atoms with Gasteiger partial charge in [-0.05, 0) is 29.9 Å². The van der Waals surface area contributed by atoms with Crippen LogP contribution in [-0.4, -0.2) is 6.86 Å². The minimum atomic E-state index is -1.02. The predicted octanol–water partition coefficient (Wildman–Crippen LogP) is 5.02. The number of hydrogen-bond acceptors (Lipinski definition) is 1. The van der Waals surface area contributed by atoms with Crippen molar-refractivity contribution < 1.29 is 13.5 Å². The zero-order chi connectivity index (χ0) is 13.7. The van der Waals surface area contributed by atoms with Gasteiger partial charge in [-0.15, -0.1) is 0 Å². The molecule has 0 aromatic heterocycles. The lowest BCUT2D eigenvalue weighted by atomic mass is 10.0. The molecule has 2 aromatic carbocycles. The largest absolute Gasteiger partial charge is 0.460 e. The number of alkyl halides is 1. The Morgan fingerprint density at radius 2 is 1.95 bits per heavy atom. The zero-order valence-corrected chi connectivity index (χ0v) is 11.1. The van der Waals surface area contributed by atoms with Crippen molar-refractivity contribution in [2.75, 3.05) is 6.86 Å². The van der Waals surface area contributed by atoms with Gasteiger partial charge in [0.2, 0.25) is 6.86 Å². The Morgan fingerprint density at radius 3 is 2.68 bits per heavy atom. The molecule has 0 atom stereocenters. The van der Waals surface area contributed by atoms with Gasteiger partial charge in [-0.3, -0.25) is 0 Å². The van der Waals surface area contributed by atoms with Crippen LogP contribution in [0.3, 0.4) is 0 Å². The van der Waals surface area contributed by atoms with E-state index in [1.807, 2.05) is 12.1 Å². The standard InChI is InChI=1S/C16H18F2O/c1-2-3-4-5-12-6-8-14-13(10-12)7-9-15(16(14)18)19-11-17/h6-10H,2-5,11H2,1H3. The highest BCUT2D eigenvalue weighted by Gasteiger charge is 2.08. The second-order valence-corrected chi connectivity index (χ2v) is 4.64. The Bertz CT molecular complexity index is 552. The summed E-state index contributed by atoms with van der Waals surface area (Å²) in [6.07, 6.45) is 4.55. The quantitative estimate of drug-likeness (QED) is 0.666. The average Bonchev–Trinajstić information content (AvgIpc) is 2.42. The van der Waals surface area contributed by atoms with Crippen LogP contribution in [0.1, 0.15) is 31.7 Å². The molecular formula is C16H18F2O. The third-order valence-corrected chi connectivity index (χ3v) is 3.26. The Hall–Kier alpha value is -1.64. The monoisotopic (exact) mass is 264 g/mol. The van der Waals surface area contributed by atoms with E-state index in [2.05, 4.69) is 11.7 Å². The molecule has 2 rings (SSSR count). The molecule has 0 unspecified atom stereocenters. The van der Waals surface area contributed by atoms with Crippen LogP contribution in [0.4, 0.5) is 8.78 Å². The highest BCUT2D eigenvalue weighted by Crippen LogP contribution is 2.27. The first kappa shape index (κ1) is 13.8. The fraction of sp³-hybridized carbons (Fsp3) is 0.375. The highest BCUT2D eigenvalue weighted by molar-refractivity contribution is 5.85. The predicted molar refractivity (Wildman–Crippen MR) is 73.7 cm³/mol. The van der Waals surface area contributed by atoms with Crippen molar-refractivity contribution in [3.05, 3.63) is 41.7 Å². The van der Waals surface area contributed by atoms with Crippen molar-refractivity contribution in [3.63, 3.8) is 0 Å². The van der Waals surface area contributed by atoms with E-state index < -0.39 is 12.7 Å². The van der Waals surface area contributed by atoms with Crippen molar-refractivity contribution in [1.82, 2.24) is 0 Å². The number of benzene rings is 2. The molecule has 0 saturated carbocycles. The molecule has 19 heavy (non-hydrogen) atoms. The van der Waals surface area contributed by atoms with E-state index in [1.165, 1.54) is 24.5 Å². The Labute approximate surface area is 112 Å². The van der Waals surface area contributed by atoms with Crippen LogP contribution in [0.15, 0.2) is 30.3 Å². The highest BCUT2D eigenvalue weighted by atomic mass is 19.1. The normalized spacial score (nSPS) is 10.9. The topological polar surface area (TPSA) is 9.23 Å². The molecule has 1 nitrogen and oxygen atoms in total. The molecule has 0 aliphatic heterocycles. The number of rotatable bonds is 6. The van der Waals surface area contributed by atoms with Gasteiger partial charge in [-0.1, -0.05) is 44.0 Å². The number of fused-ring (bicyclic) bond motifs is 1. The van der Waals surface area contributed by atoms with E-state index in [1.54, 1.807) is 12.1 Å². The fourth-order valence-electron chi connectivity index (χ4n) is 2.23. The molecule has 3 heteroatoms. The molecule has 0 radical (unpaired) electrons. The summed E-state index contributed by atoms with van der Waals surface area (Å²) in [7, 11) is 0. The Kier molecular flexibility index (Phi) is 4.72. The molecule has 0 aliphatic carbocycles. The van der Waals surface area contributed by atoms with E-state index in [0.717, 1.165) is 18.2 Å². The van der Waals surface area contributed by atoms with Gasteiger partial charge in [0.25, 0.3) is 0 Å². The van der Waals surface area contributed by atoms with Gasteiger partial charge < -0.3 is 4.74 Å². The molecule has 0 aliphatic rings. The van der Waals surface area contributed by atoms with E-state index in [4.69, 9.17) is 0 Å². The van der Waals surface area contributed by atoms with Gasteiger partial charge in [-0.25, -0.2) is 8.78 Å². The molecule has 2 aromatic rings. The van der Waals surface area contributed by atoms with Crippen LogP contribution in [0.25, 0.3) is 10.8 Å². The lowest BCUT2D eigenvalue weighted by molar-refractivity contribution is 0.185. The molecular weight excluding hydrogens is 246 g/mol. The first-order valence-electron chi connectivity index (χ1n) is 6.66. The maximum atomic E-state index is 14.0. The maximum Gasteiger partial charge on any atom is 0.228 e. The third kappa shape index (κ3) is 3.22. The summed E-state index contributed by atoms with van der Waals surface area (Å²) in [6.45, 7) is 1.15. The van der Waals surface area contributed by atoms with Crippen LogP contribution < -0.4 is 4.74 Å². The molecule has 0 amide bonds. The van der Waals surface area contributed by atoms with Gasteiger partial charge in [0.15, 0.2) is 11.6 Å². The van der Waals surface area contributed by atoms with E-state index >= 15 is 0 Å². The summed E-state index contributed by atoms with van der Waals surface area (Å²) < 4.78 is 30.7. The summed E-state index contributed by atoms with van der Waals surface area (Å²) >= 11 is 0. The van der Waals surface area contributed by atoms with Crippen molar-refractivity contribution in [2.24, 2.45) is 0 Å². The number of hydrogen-bond donors (Lipinski definition) is 0. The van der Waals surface area contributed by atoms with Crippen LogP contribution in [-0.2, 0) is 6.42 Å². The first-order chi connectivity index (χ1) is 9.26. The van der Waals surface area contributed by atoms with Crippen LogP contribution in [0.5, 0.6) is 5.75 Å². The SMILES string of the molecule is CCCCCc1ccc2c(F)c(OCF)ccc2c1. The summed E-state index contributed by atoms with van der Waals surface area (Å²) in [6, 6.07) is 8.92. The van der Waals surface area contributed by atoms with Crippen LogP contribution >= 0.6 is 0 Å². The number of ether oxygens (including phenoxy) is 1. The van der Waals surface area contributed by atoms with Crippen LogP contribution in [0, 0.1) is 5.82 Å². The molecule has 0 N–H and O–H groups in total. The summed E-state index contributed by atoms with van der Waals surface area (Å²) in [5.41, 5.74) is 1.21. The summed E-state index contributed by atoms with van der Waals surface area (Å²) in [5.74, 6) is -0.524. The molecule has 0 spiro atoms. The lowest BCUT2D eigenvalue weighted by Crippen LogP contribution is -1.94. The van der Waals surface area contributed by atoms with E-state index in [9.17, 15) is 8.78 Å². The number of halogens is 2. The minimum absolute atomic E-state index is 0.0336. The number of aryl methyl sites for hydroxylation is 1. The lowest BCUT2D eigenvalue weighted by Gasteiger charge is -2.08. The molecule has 102 valence electrons. The Balaban J connectivity index is 2.27. The van der Waals surface area contributed by atoms with Crippen molar-refractivity contribution >= 4 is 10.8 Å².